The van der Waals surface area contributed by atoms with Gasteiger partial charge < -0.3 is 9.26 Å². The molecule has 2 heterocycles. The molecule has 11 heteroatoms. The first-order valence-corrected chi connectivity index (χ1v) is 21.5. The van der Waals surface area contributed by atoms with Gasteiger partial charge in [-0.25, -0.2) is 9.69 Å². The van der Waals surface area contributed by atoms with Crippen molar-refractivity contribution in [2.45, 2.75) is 104 Å². The minimum atomic E-state index is -4.07. The summed E-state index contributed by atoms with van der Waals surface area (Å²) in [6.07, 6.45) is 1.22. The number of hydrogen-bond acceptors (Lipinski definition) is 8. The summed E-state index contributed by atoms with van der Waals surface area (Å²) in [6, 6.07) is 26.9. The van der Waals surface area contributed by atoms with Crippen LogP contribution >= 0.6 is 7.37 Å². The van der Waals surface area contributed by atoms with Gasteiger partial charge in [0.2, 0.25) is 23.6 Å². The van der Waals surface area contributed by atoms with Gasteiger partial charge in [0.15, 0.2) is 5.75 Å². The summed E-state index contributed by atoms with van der Waals surface area (Å²) in [5.74, 6) is -3.85. The highest BCUT2D eigenvalue weighted by molar-refractivity contribution is 7.69. The summed E-state index contributed by atoms with van der Waals surface area (Å²) < 4.78 is 28.9. The number of imide groups is 2. The molecule has 1 saturated heterocycles. The van der Waals surface area contributed by atoms with Crippen LogP contribution in [0.15, 0.2) is 103 Å². The number of esters is 1. The van der Waals surface area contributed by atoms with E-state index in [0.29, 0.717) is 35.0 Å². The molecule has 0 aromatic heterocycles. The number of amides is 4. The molecule has 0 spiro atoms. The summed E-state index contributed by atoms with van der Waals surface area (Å²) in [6.45, 7) is 17.2. The third kappa shape index (κ3) is 7.12. The van der Waals surface area contributed by atoms with Crippen LogP contribution in [0.1, 0.15) is 104 Å². The van der Waals surface area contributed by atoms with Crippen molar-refractivity contribution in [2.75, 3.05) is 4.90 Å². The zero-order valence-electron chi connectivity index (χ0n) is 34.3. The van der Waals surface area contributed by atoms with Gasteiger partial charge in [-0.2, -0.15) is 0 Å². The normalized spacial score (nSPS) is 18.1. The molecule has 1 fully saturated rings. The lowest BCUT2D eigenvalue weighted by Crippen LogP contribution is -2.52. The van der Waals surface area contributed by atoms with E-state index in [2.05, 4.69) is 27.4 Å². The van der Waals surface area contributed by atoms with Crippen molar-refractivity contribution in [3.05, 3.63) is 120 Å². The van der Waals surface area contributed by atoms with Crippen molar-refractivity contribution < 1.29 is 37.8 Å². The molecule has 2 aliphatic rings. The van der Waals surface area contributed by atoms with E-state index in [-0.39, 0.29) is 22.4 Å². The predicted octanol–water partition coefficient (Wildman–Crippen LogP) is 9.37. The van der Waals surface area contributed by atoms with Crippen LogP contribution in [-0.2, 0) is 39.1 Å². The molecule has 2 unspecified atom stereocenters. The van der Waals surface area contributed by atoms with Gasteiger partial charge in [-0.1, -0.05) is 108 Å². The van der Waals surface area contributed by atoms with Crippen LogP contribution < -0.4 is 19.5 Å². The Morgan fingerprint density at radius 1 is 0.759 bits per heavy atom. The Morgan fingerprint density at radius 3 is 1.86 bits per heavy atom. The highest BCUT2D eigenvalue weighted by Gasteiger charge is 2.54. The molecule has 4 aromatic rings. The van der Waals surface area contributed by atoms with E-state index in [1.54, 1.807) is 18.2 Å². The standard InChI is InChI=1S/C47H51N2O8P/c1-9-34(10-2)48-41(50)28-43(52)49(44(53)29-42(48)51)37-26-25-33(27-39(37)56-45(54)30(5)6)47(8,32-23-21-31(22-24-32)46(7,11-3)12-4)58(55)40-20-16-14-18-36(40)35-17-13-15-19-38(35)57-58/h13-27,34H,5,9-12,28-29H2,1-4,6-8H3. The van der Waals surface area contributed by atoms with Crippen molar-refractivity contribution >= 4 is 48.0 Å². The number of ether oxygens (including phenoxy) is 1. The van der Waals surface area contributed by atoms with E-state index >= 15 is 4.57 Å². The maximum Gasteiger partial charge on any atom is 0.338 e. The van der Waals surface area contributed by atoms with Crippen LogP contribution in [0.5, 0.6) is 11.5 Å². The lowest BCUT2D eigenvalue weighted by atomic mass is 9.77. The molecule has 302 valence electrons. The SMILES string of the molecule is C=C(C)C(=O)Oc1cc(C(C)(c2ccc(C(C)(CC)CC)cc2)P2(=O)Oc3ccccc3-c3ccccc32)ccc1N1C(=O)CC(=O)N(C(CC)CC)C(=O)CC1=O. The molecule has 6 rings (SSSR count). The second-order valence-electron chi connectivity index (χ2n) is 15.5. The first-order chi connectivity index (χ1) is 27.6. The maximum absolute atomic E-state index is 16.3. The number of anilines is 1. The number of rotatable bonds is 12. The second kappa shape index (κ2) is 16.3. The molecule has 0 bridgehead atoms. The van der Waals surface area contributed by atoms with E-state index in [1.165, 1.54) is 19.1 Å². The fourth-order valence-electron chi connectivity index (χ4n) is 8.07. The smallest absolute Gasteiger partial charge is 0.338 e. The molecular formula is C47H51N2O8P. The fraction of sp³-hybridized carbons (Fsp3) is 0.340. The zero-order chi connectivity index (χ0) is 42.2. The first-order valence-electron chi connectivity index (χ1n) is 19.9. The van der Waals surface area contributed by atoms with Gasteiger partial charge in [0.25, 0.3) is 7.37 Å². The van der Waals surface area contributed by atoms with Crippen molar-refractivity contribution in [1.29, 1.82) is 0 Å². The molecule has 0 aliphatic carbocycles. The van der Waals surface area contributed by atoms with E-state index in [1.807, 2.05) is 81.4 Å². The summed E-state index contributed by atoms with van der Waals surface area (Å²) >= 11 is 0. The summed E-state index contributed by atoms with van der Waals surface area (Å²) in [7, 11) is -4.07. The van der Waals surface area contributed by atoms with Gasteiger partial charge in [-0.3, -0.25) is 28.6 Å². The number of carbonyl (C=O) groups is 5. The molecule has 0 radical (unpaired) electrons. The quantitative estimate of drug-likeness (QED) is 0.0346. The Kier molecular flexibility index (Phi) is 11.8. The van der Waals surface area contributed by atoms with E-state index in [4.69, 9.17) is 9.26 Å². The van der Waals surface area contributed by atoms with Crippen LogP contribution in [-0.4, -0.2) is 40.5 Å². The van der Waals surface area contributed by atoms with Crippen LogP contribution in [0, 0.1) is 0 Å². The van der Waals surface area contributed by atoms with Crippen molar-refractivity contribution in [3.8, 4) is 22.6 Å². The molecule has 10 nitrogen and oxygen atoms in total. The van der Waals surface area contributed by atoms with Crippen molar-refractivity contribution in [3.63, 3.8) is 0 Å². The number of para-hydroxylation sites is 1. The number of carbonyl (C=O) groups excluding carboxylic acids is 5. The molecule has 4 aromatic carbocycles. The van der Waals surface area contributed by atoms with E-state index < -0.39 is 61.0 Å². The minimum Gasteiger partial charge on any atom is -0.438 e. The average molecular weight is 803 g/mol. The molecule has 4 amide bonds. The summed E-state index contributed by atoms with van der Waals surface area (Å²) in [5.41, 5.74) is 3.47. The zero-order valence-corrected chi connectivity index (χ0v) is 35.2. The minimum absolute atomic E-state index is 0.0371. The monoisotopic (exact) mass is 802 g/mol. The lowest BCUT2D eigenvalue weighted by Gasteiger charge is -2.42. The largest absolute Gasteiger partial charge is 0.438 e. The van der Waals surface area contributed by atoms with E-state index in [0.717, 1.165) is 39.3 Å². The van der Waals surface area contributed by atoms with Gasteiger partial charge in [0, 0.05) is 17.2 Å². The van der Waals surface area contributed by atoms with Gasteiger partial charge in [0.05, 0.1) is 11.0 Å². The van der Waals surface area contributed by atoms with Gasteiger partial charge in [0.1, 0.15) is 23.7 Å². The molecule has 2 atom stereocenters. The van der Waals surface area contributed by atoms with Crippen LogP contribution in [0.4, 0.5) is 5.69 Å². The molecular weight excluding hydrogens is 751 g/mol. The Labute approximate surface area is 340 Å². The van der Waals surface area contributed by atoms with Crippen LogP contribution in [0.25, 0.3) is 11.1 Å². The van der Waals surface area contributed by atoms with Gasteiger partial charge in [-0.05, 0) is 91.5 Å². The Balaban J connectivity index is 1.59. The van der Waals surface area contributed by atoms with Gasteiger partial charge >= 0.3 is 5.97 Å². The molecule has 0 N–H and O–H groups in total. The number of hydrogen-bond donors (Lipinski definition) is 0. The lowest BCUT2D eigenvalue weighted by molar-refractivity contribution is -0.151. The highest BCUT2D eigenvalue weighted by Crippen LogP contribution is 2.69. The number of fused-ring (bicyclic) bond motifs is 3. The van der Waals surface area contributed by atoms with Gasteiger partial charge in [-0.15, -0.1) is 0 Å². The highest BCUT2D eigenvalue weighted by atomic mass is 31.2. The van der Waals surface area contributed by atoms with Crippen LogP contribution in [0.2, 0.25) is 0 Å². The van der Waals surface area contributed by atoms with Crippen molar-refractivity contribution in [1.82, 2.24) is 4.90 Å². The Hall–Kier alpha value is -5.60. The summed E-state index contributed by atoms with van der Waals surface area (Å²) in [5, 5.41) is -0.983. The number of nitrogens with zero attached hydrogens (tertiary/aromatic N) is 2. The Morgan fingerprint density at radius 2 is 1.29 bits per heavy atom. The third-order valence-corrected chi connectivity index (χ3v) is 15.4. The molecule has 58 heavy (non-hydrogen) atoms. The topological polar surface area (TPSA) is 127 Å². The molecule has 2 aliphatic heterocycles. The number of benzene rings is 4. The van der Waals surface area contributed by atoms with Crippen molar-refractivity contribution in [2.24, 2.45) is 0 Å². The first kappa shape index (κ1) is 42.0. The fourth-order valence-corrected chi connectivity index (χ4v) is 11.0. The predicted molar refractivity (Wildman–Crippen MR) is 225 cm³/mol. The second-order valence-corrected chi connectivity index (χ2v) is 18.2. The maximum atomic E-state index is 16.3. The Bertz CT molecular complexity index is 2330. The third-order valence-electron chi connectivity index (χ3n) is 12.2. The van der Waals surface area contributed by atoms with Crippen LogP contribution in [0.3, 0.4) is 0 Å². The molecule has 0 saturated carbocycles. The average Bonchev–Trinajstić information content (AvgIpc) is 3.22. The van der Waals surface area contributed by atoms with E-state index in [9.17, 15) is 24.0 Å². The summed E-state index contributed by atoms with van der Waals surface area (Å²) in [4.78, 5) is 69.9.